The maximum absolute atomic E-state index is 14.5. The molecule has 1 amide bonds. The van der Waals surface area contributed by atoms with E-state index in [2.05, 4.69) is 10.2 Å². The number of benzene rings is 3. The molecule has 7 nitrogen and oxygen atoms in total. The number of esters is 1. The highest BCUT2D eigenvalue weighted by Crippen LogP contribution is 2.29. The normalized spacial score (nSPS) is 11.6. The van der Waals surface area contributed by atoms with Crippen LogP contribution in [0.5, 0.6) is 0 Å². The topological polar surface area (TPSA) is 77.3 Å². The first-order chi connectivity index (χ1) is 17.0. The number of amides is 1. The van der Waals surface area contributed by atoms with Crippen LogP contribution in [0, 0.1) is 5.82 Å². The van der Waals surface area contributed by atoms with E-state index in [4.69, 9.17) is 4.74 Å². The van der Waals surface area contributed by atoms with Crippen LogP contribution in [-0.4, -0.2) is 45.5 Å². The van der Waals surface area contributed by atoms with Crippen molar-refractivity contribution in [2.45, 2.75) is 18.2 Å². The fraction of sp³-hybridized carbons (Fsp3) is 0.154. The van der Waals surface area contributed by atoms with Crippen molar-refractivity contribution in [3.05, 3.63) is 90.7 Å². The molecule has 4 rings (SSSR count). The molecule has 1 atom stereocenters. The summed E-state index contributed by atoms with van der Waals surface area (Å²) in [5.74, 6) is -1.13. The number of ether oxygens (including phenoxy) is 1. The van der Waals surface area contributed by atoms with Crippen molar-refractivity contribution < 1.29 is 18.7 Å². The summed E-state index contributed by atoms with van der Waals surface area (Å²) in [6.07, 6.45) is -0.964. The standard InChI is InChI=1S/C26H23FN4O3S/c1-18(25(33)30(2)19-11-5-3-6-12-19)34-23(32)17-35-26-29-28-24(21-15-9-10-16-22(21)27)31(26)20-13-7-4-8-14-20/h3-16,18H,17H2,1-2H3. The van der Waals surface area contributed by atoms with Gasteiger partial charge in [-0.25, -0.2) is 4.39 Å². The second-order valence-corrected chi connectivity index (χ2v) is 8.55. The van der Waals surface area contributed by atoms with E-state index < -0.39 is 17.9 Å². The van der Waals surface area contributed by atoms with Crippen LogP contribution in [0.15, 0.2) is 90.1 Å². The van der Waals surface area contributed by atoms with Crippen molar-refractivity contribution in [2.24, 2.45) is 0 Å². The number of aromatic nitrogens is 3. The molecule has 0 radical (unpaired) electrons. The zero-order valence-electron chi connectivity index (χ0n) is 19.2. The van der Waals surface area contributed by atoms with E-state index in [1.807, 2.05) is 48.5 Å². The lowest BCUT2D eigenvalue weighted by atomic mass is 10.2. The number of rotatable bonds is 8. The molecule has 35 heavy (non-hydrogen) atoms. The number of nitrogens with zero attached hydrogens (tertiary/aromatic N) is 4. The Morgan fingerprint density at radius 2 is 1.60 bits per heavy atom. The fourth-order valence-corrected chi connectivity index (χ4v) is 4.18. The molecule has 0 aliphatic carbocycles. The Balaban J connectivity index is 1.48. The molecular weight excluding hydrogens is 467 g/mol. The van der Waals surface area contributed by atoms with Gasteiger partial charge in [0.15, 0.2) is 17.1 Å². The first-order valence-electron chi connectivity index (χ1n) is 10.9. The predicted octanol–water partition coefficient (Wildman–Crippen LogP) is 4.76. The van der Waals surface area contributed by atoms with Gasteiger partial charge in [-0.2, -0.15) is 0 Å². The van der Waals surface area contributed by atoms with Gasteiger partial charge in [-0.05, 0) is 43.3 Å². The van der Waals surface area contributed by atoms with Gasteiger partial charge in [-0.3, -0.25) is 14.2 Å². The zero-order valence-corrected chi connectivity index (χ0v) is 20.0. The summed E-state index contributed by atoms with van der Waals surface area (Å²) in [7, 11) is 1.63. The third-order valence-electron chi connectivity index (χ3n) is 5.21. The van der Waals surface area contributed by atoms with E-state index in [-0.39, 0.29) is 11.7 Å². The number of hydrogen-bond acceptors (Lipinski definition) is 6. The van der Waals surface area contributed by atoms with Crippen molar-refractivity contribution in [2.75, 3.05) is 17.7 Å². The van der Waals surface area contributed by atoms with Crippen LogP contribution in [0.1, 0.15) is 6.92 Å². The number of hydrogen-bond donors (Lipinski definition) is 0. The van der Waals surface area contributed by atoms with Crippen molar-refractivity contribution in [3.63, 3.8) is 0 Å². The molecule has 0 saturated heterocycles. The van der Waals surface area contributed by atoms with Crippen LogP contribution in [0.2, 0.25) is 0 Å². The predicted molar refractivity (Wildman–Crippen MR) is 133 cm³/mol. The molecular formula is C26H23FN4O3S. The zero-order chi connectivity index (χ0) is 24.8. The molecule has 0 N–H and O–H groups in total. The second kappa shape index (κ2) is 11.0. The van der Waals surface area contributed by atoms with Gasteiger partial charge >= 0.3 is 5.97 Å². The fourth-order valence-electron chi connectivity index (χ4n) is 3.45. The Morgan fingerprint density at radius 1 is 0.971 bits per heavy atom. The number of para-hydroxylation sites is 2. The van der Waals surface area contributed by atoms with Gasteiger partial charge in [0.25, 0.3) is 5.91 Å². The molecule has 3 aromatic carbocycles. The summed E-state index contributed by atoms with van der Waals surface area (Å²) in [5.41, 5.74) is 1.72. The van der Waals surface area contributed by atoms with E-state index in [0.717, 1.165) is 17.4 Å². The SMILES string of the molecule is CC(OC(=O)CSc1nnc(-c2ccccc2F)n1-c1ccccc1)C(=O)N(C)c1ccccc1. The number of carbonyl (C=O) groups is 2. The smallest absolute Gasteiger partial charge is 0.317 e. The number of likely N-dealkylation sites (N-methyl/N-ethyl adjacent to an activating group) is 1. The highest BCUT2D eigenvalue weighted by Gasteiger charge is 2.24. The first-order valence-corrected chi connectivity index (χ1v) is 11.8. The maximum atomic E-state index is 14.5. The van der Waals surface area contributed by atoms with Gasteiger partial charge in [0.05, 0.1) is 11.3 Å². The van der Waals surface area contributed by atoms with Crippen LogP contribution in [-0.2, 0) is 14.3 Å². The largest absolute Gasteiger partial charge is 0.452 e. The molecule has 1 heterocycles. The molecule has 0 bridgehead atoms. The highest BCUT2D eigenvalue weighted by molar-refractivity contribution is 7.99. The Bertz CT molecular complexity index is 1310. The summed E-state index contributed by atoms with van der Waals surface area (Å²) in [4.78, 5) is 26.6. The second-order valence-electron chi connectivity index (χ2n) is 7.61. The van der Waals surface area contributed by atoms with Gasteiger partial charge in [-0.15, -0.1) is 10.2 Å². The van der Waals surface area contributed by atoms with Crippen LogP contribution in [0.25, 0.3) is 17.1 Å². The molecule has 4 aromatic rings. The Kier molecular flexibility index (Phi) is 7.57. The molecule has 0 saturated carbocycles. The third kappa shape index (κ3) is 5.58. The van der Waals surface area contributed by atoms with Crippen LogP contribution >= 0.6 is 11.8 Å². The van der Waals surface area contributed by atoms with Crippen LogP contribution < -0.4 is 4.90 Å². The average Bonchev–Trinajstić information content (AvgIpc) is 3.31. The van der Waals surface area contributed by atoms with Gasteiger partial charge in [0.1, 0.15) is 5.82 Å². The maximum Gasteiger partial charge on any atom is 0.317 e. The summed E-state index contributed by atoms with van der Waals surface area (Å²) in [6, 6.07) is 24.6. The molecule has 1 unspecified atom stereocenters. The van der Waals surface area contributed by atoms with Crippen molar-refractivity contribution in [1.29, 1.82) is 0 Å². The van der Waals surface area contributed by atoms with Gasteiger partial charge < -0.3 is 9.64 Å². The Morgan fingerprint density at radius 3 is 2.29 bits per heavy atom. The average molecular weight is 491 g/mol. The van der Waals surface area contributed by atoms with Crippen molar-refractivity contribution in [3.8, 4) is 17.1 Å². The van der Waals surface area contributed by atoms with E-state index in [1.54, 1.807) is 41.9 Å². The van der Waals surface area contributed by atoms with E-state index >= 15 is 0 Å². The molecule has 0 spiro atoms. The molecule has 9 heteroatoms. The Hall–Kier alpha value is -3.98. The lowest BCUT2D eigenvalue weighted by molar-refractivity contribution is -0.151. The van der Waals surface area contributed by atoms with E-state index in [0.29, 0.717) is 22.2 Å². The molecule has 0 aliphatic heterocycles. The summed E-state index contributed by atoms with van der Waals surface area (Å²) >= 11 is 1.10. The molecule has 1 aromatic heterocycles. The minimum absolute atomic E-state index is 0.102. The van der Waals surface area contributed by atoms with Crippen LogP contribution in [0.3, 0.4) is 0 Å². The van der Waals surface area contributed by atoms with Gasteiger partial charge in [0.2, 0.25) is 0 Å². The number of thioether (sulfide) groups is 1. The molecule has 178 valence electrons. The summed E-state index contributed by atoms with van der Waals surface area (Å²) in [6.45, 7) is 1.53. The number of anilines is 1. The summed E-state index contributed by atoms with van der Waals surface area (Å²) in [5, 5.41) is 8.77. The lowest BCUT2D eigenvalue weighted by Gasteiger charge is -2.21. The lowest BCUT2D eigenvalue weighted by Crippen LogP contribution is -2.37. The highest BCUT2D eigenvalue weighted by atomic mass is 32.2. The van der Waals surface area contributed by atoms with Crippen LogP contribution in [0.4, 0.5) is 10.1 Å². The van der Waals surface area contributed by atoms with Crippen molar-refractivity contribution >= 4 is 29.3 Å². The van der Waals surface area contributed by atoms with E-state index in [9.17, 15) is 14.0 Å². The number of halogens is 1. The van der Waals surface area contributed by atoms with E-state index in [1.165, 1.54) is 17.9 Å². The quantitative estimate of drug-likeness (QED) is 0.262. The molecule has 0 fully saturated rings. The third-order valence-corrected chi connectivity index (χ3v) is 6.11. The Labute approximate surface area is 206 Å². The number of carbonyl (C=O) groups excluding carboxylic acids is 2. The first kappa shape index (κ1) is 24.2. The van der Waals surface area contributed by atoms with Gasteiger partial charge in [0, 0.05) is 18.4 Å². The van der Waals surface area contributed by atoms with Gasteiger partial charge in [-0.1, -0.05) is 60.3 Å². The molecule has 0 aliphatic rings. The minimum Gasteiger partial charge on any atom is -0.452 e. The van der Waals surface area contributed by atoms with Crippen molar-refractivity contribution in [1.82, 2.24) is 14.8 Å². The summed E-state index contributed by atoms with van der Waals surface area (Å²) < 4.78 is 21.6. The minimum atomic E-state index is -0.964. The monoisotopic (exact) mass is 490 g/mol.